The average molecular weight is 315 g/mol. The zero-order chi connectivity index (χ0) is 14.9. The van der Waals surface area contributed by atoms with Crippen LogP contribution in [0.1, 0.15) is 15.2 Å². The molecule has 0 saturated heterocycles. The first-order chi connectivity index (χ1) is 9.31. The molecular formula is C12H10FNO4S2. The molecule has 0 unspecified atom stereocenters. The molecule has 5 nitrogen and oxygen atoms in total. The summed E-state index contributed by atoms with van der Waals surface area (Å²) in [6.07, 6.45) is 0. The van der Waals surface area contributed by atoms with E-state index in [1.165, 1.54) is 11.4 Å². The second kappa shape index (κ2) is 5.22. The first-order valence-corrected chi connectivity index (χ1v) is 7.77. The fraction of sp³-hybridized carbons (Fsp3) is 0.0833. The lowest BCUT2D eigenvalue weighted by molar-refractivity contribution is 0.0702. The highest BCUT2D eigenvalue weighted by molar-refractivity contribution is 7.92. The quantitative estimate of drug-likeness (QED) is 0.908. The van der Waals surface area contributed by atoms with Crippen molar-refractivity contribution < 1.29 is 22.7 Å². The van der Waals surface area contributed by atoms with E-state index in [0.717, 1.165) is 23.5 Å². The summed E-state index contributed by atoms with van der Waals surface area (Å²) in [6.45, 7) is 1.57. The first-order valence-electron chi connectivity index (χ1n) is 5.41. The summed E-state index contributed by atoms with van der Waals surface area (Å²) in [5.41, 5.74) is 0.290. The van der Waals surface area contributed by atoms with Gasteiger partial charge in [-0.1, -0.05) is 12.1 Å². The van der Waals surface area contributed by atoms with Crippen molar-refractivity contribution in [3.05, 3.63) is 45.9 Å². The highest BCUT2D eigenvalue weighted by Crippen LogP contribution is 2.25. The van der Waals surface area contributed by atoms with E-state index >= 15 is 0 Å². The van der Waals surface area contributed by atoms with Crippen LogP contribution in [-0.4, -0.2) is 19.5 Å². The molecular weight excluding hydrogens is 305 g/mol. The lowest BCUT2D eigenvalue weighted by atomic mass is 10.2. The highest BCUT2D eigenvalue weighted by atomic mass is 32.2. The zero-order valence-corrected chi connectivity index (χ0v) is 11.9. The van der Waals surface area contributed by atoms with Crippen molar-refractivity contribution in [3.63, 3.8) is 0 Å². The SMILES string of the molecule is Cc1cccc(F)c1NS(=O)(=O)c1csc(C(=O)O)c1. The number of aromatic carboxylic acids is 1. The molecule has 0 aliphatic carbocycles. The Morgan fingerprint density at radius 2 is 2.10 bits per heavy atom. The molecule has 2 N–H and O–H groups in total. The zero-order valence-electron chi connectivity index (χ0n) is 10.3. The monoisotopic (exact) mass is 315 g/mol. The van der Waals surface area contributed by atoms with Crippen LogP contribution in [0.4, 0.5) is 10.1 Å². The highest BCUT2D eigenvalue weighted by Gasteiger charge is 2.20. The molecule has 2 rings (SSSR count). The first kappa shape index (κ1) is 14.5. The smallest absolute Gasteiger partial charge is 0.345 e. The Balaban J connectivity index is 2.38. The lowest BCUT2D eigenvalue weighted by Gasteiger charge is -2.10. The molecule has 1 heterocycles. The van der Waals surface area contributed by atoms with Crippen molar-refractivity contribution in [1.29, 1.82) is 0 Å². The Bertz CT molecular complexity index is 747. The van der Waals surface area contributed by atoms with Crippen LogP contribution in [0.5, 0.6) is 0 Å². The summed E-state index contributed by atoms with van der Waals surface area (Å²) >= 11 is 0.791. The Labute approximate surface area is 118 Å². The van der Waals surface area contributed by atoms with Gasteiger partial charge in [0, 0.05) is 5.38 Å². The number of halogens is 1. The van der Waals surface area contributed by atoms with Gasteiger partial charge in [-0.05, 0) is 24.6 Å². The van der Waals surface area contributed by atoms with Crippen molar-refractivity contribution >= 4 is 33.0 Å². The minimum Gasteiger partial charge on any atom is -0.477 e. The van der Waals surface area contributed by atoms with Gasteiger partial charge in [0.1, 0.15) is 10.7 Å². The van der Waals surface area contributed by atoms with Gasteiger partial charge in [0.15, 0.2) is 0 Å². The van der Waals surface area contributed by atoms with Crippen LogP contribution in [-0.2, 0) is 10.0 Å². The third-order valence-corrected chi connectivity index (χ3v) is 4.95. The molecule has 0 atom stereocenters. The second-order valence-corrected chi connectivity index (χ2v) is 6.58. The van der Waals surface area contributed by atoms with Gasteiger partial charge in [0.05, 0.1) is 10.6 Å². The molecule has 0 amide bonds. The third kappa shape index (κ3) is 2.81. The summed E-state index contributed by atoms with van der Waals surface area (Å²) in [5.74, 6) is -1.90. The van der Waals surface area contributed by atoms with Crippen molar-refractivity contribution in [2.24, 2.45) is 0 Å². The number of carboxylic acid groups (broad SMARTS) is 1. The van der Waals surface area contributed by atoms with E-state index in [1.54, 1.807) is 13.0 Å². The van der Waals surface area contributed by atoms with Crippen LogP contribution in [0.15, 0.2) is 34.5 Å². The Kier molecular flexibility index (Phi) is 3.78. The fourth-order valence-corrected chi connectivity index (χ4v) is 3.78. The van der Waals surface area contributed by atoms with E-state index in [-0.39, 0.29) is 15.5 Å². The largest absolute Gasteiger partial charge is 0.477 e. The van der Waals surface area contributed by atoms with E-state index < -0.39 is 21.8 Å². The maximum atomic E-state index is 13.6. The molecule has 1 aromatic carbocycles. The average Bonchev–Trinajstić information content (AvgIpc) is 2.84. The summed E-state index contributed by atoms with van der Waals surface area (Å²) in [4.78, 5) is 10.4. The molecule has 0 radical (unpaired) electrons. The summed E-state index contributed by atoms with van der Waals surface area (Å²) in [5, 5.41) is 9.97. The van der Waals surface area contributed by atoms with E-state index in [4.69, 9.17) is 5.11 Å². The Morgan fingerprint density at radius 3 is 2.65 bits per heavy atom. The molecule has 0 aliphatic heterocycles. The number of carbonyl (C=O) groups is 1. The number of thiophene rings is 1. The molecule has 8 heteroatoms. The molecule has 20 heavy (non-hydrogen) atoms. The molecule has 2 aromatic rings. The lowest BCUT2D eigenvalue weighted by Crippen LogP contribution is -2.14. The molecule has 1 aromatic heterocycles. The summed E-state index contributed by atoms with van der Waals surface area (Å²) < 4.78 is 39.9. The molecule has 0 fully saturated rings. The Hall–Kier alpha value is -1.93. The van der Waals surface area contributed by atoms with Crippen molar-refractivity contribution in [1.82, 2.24) is 0 Å². The van der Waals surface area contributed by atoms with Crippen LogP contribution in [0, 0.1) is 12.7 Å². The van der Waals surface area contributed by atoms with Crippen molar-refractivity contribution in [2.75, 3.05) is 4.72 Å². The number of carboxylic acids is 1. The third-order valence-electron chi connectivity index (χ3n) is 2.55. The maximum Gasteiger partial charge on any atom is 0.345 e. The maximum absolute atomic E-state index is 13.6. The number of benzene rings is 1. The van der Waals surface area contributed by atoms with E-state index in [9.17, 15) is 17.6 Å². The normalized spacial score (nSPS) is 11.3. The van der Waals surface area contributed by atoms with Crippen LogP contribution < -0.4 is 4.72 Å². The number of nitrogens with one attached hydrogen (secondary N) is 1. The molecule has 106 valence electrons. The molecule has 0 spiro atoms. The molecule has 0 aliphatic rings. The van der Waals surface area contributed by atoms with Crippen molar-refractivity contribution in [3.8, 4) is 0 Å². The van der Waals surface area contributed by atoms with Crippen molar-refractivity contribution in [2.45, 2.75) is 11.8 Å². The number of rotatable bonds is 4. The predicted molar refractivity (Wildman–Crippen MR) is 73.2 cm³/mol. The van der Waals surface area contributed by atoms with Gasteiger partial charge in [-0.2, -0.15) is 0 Å². The van der Waals surface area contributed by atoms with E-state index in [2.05, 4.69) is 4.72 Å². The van der Waals surface area contributed by atoms with Gasteiger partial charge < -0.3 is 5.11 Å². The van der Waals surface area contributed by atoms with Gasteiger partial charge in [0.2, 0.25) is 0 Å². The minimum absolute atomic E-state index is 0.101. The molecule has 0 saturated carbocycles. The van der Waals surface area contributed by atoms with Gasteiger partial charge in [-0.25, -0.2) is 17.6 Å². The van der Waals surface area contributed by atoms with Gasteiger partial charge >= 0.3 is 5.97 Å². The van der Waals surface area contributed by atoms with Crippen LogP contribution in [0.25, 0.3) is 0 Å². The van der Waals surface area contributed by atoms with Gasteiger partial charge in [-0.3, -0.25) is 4.72 Å². The van der Waals surface area contributed by atoms with Gasteiger partial charge in [-0.15, -0.1) is 11.3 Å². The van der Waals surface area contributed by atoms with Gasteiger partial charge in [0.25, 0.3) is 10.0 Å². The number of sulfonamides is 1. The summed E-state index contributed by atoms with van der Waals surface area (Å²) in [6, 6.07) is 5.21. The summed E-state index contributed by atoms with van der Waals surface area (Å²) in [7, 11) is -4.01. The predicted octanol–water partition coefficient (Wildman–Crippen LogP) is 2.69. The standard InChI is InChI=1S/C12H10FNO4S2/c1-7-3-2-4-9(13)11(7)14-20(17,18)8-5-10(12(15)16)19-6-8/h2-6,14H,1H3,(H,15,16). The van der Waals surface area contributed by atoms with Crippen LogP contribution in [0.3, 0.4) is 0 Å². The van der Waals surface area contributed by atoms with Crippen LogP contribution in [0.2, 0.25) is 0 Å². The van der Waals surface area contributed by atoms with E-state index in [1.807, 2.05) is 0 Å². The second-order valence-electron chi connectivity index (χ2n) is 3.99. The number of anilines is 1. The molecule has 0 bridgehead atoms. The Morgan fingerprint density at radius 1 is 1.40 bits per heavy atom. The number of hydrogen-bond acceptors (Lipinski definition) is 4. The topological polar surface area (TPSA) is 83.5 Å². The number of hydrogen-bond donors (Lipinski definition) is 2. The minimum atomic E-state index is -4.01. The fourth-order valence-electron chi connectivity index (χ4n) is 1.53. The number of aryl methyl sites for hydroxylation is 1. The van der Waals surface area contributed by atoms with E-state index in [0.29, 0.717) is 5.56 Å². The van der Waals surface area contributed by atoms with Crippen LogP contribution >= 0.6 is 11.3 Å². The number of para-hydroxylation sites is 1.